The third kappa shape index (κ3) is 4.91. The maximum atomic E-state index is 12.7. The summed E-state index contributed by atoms with van der Waals surface area (Å²) in [6.45, 7) is 2.78. The van der Waals surface area contributed by atoms with E-state index in [0.29, 0.717) is 12.3 Å². The van der Waals surface area contributed by atoms with Crippen LogP contribution in [0.3, 0.4) is 0 Å². The maximum absolute atomic E-state index is 12.7. The second kappa shape index (κ2) is 8.76. The lowest BCUT2D eigenvalue weighted by molar-refractivity contribution is -0.133. The molecule has 2 aliphatic rings. The van der Waals surface area contributed by atoms with E-state index in [1.807, 2.05) is 30.6 Å². The number of hydrogen-bond donors (Lipinski definition) is 0. The van der Waals surface area contributed by atoms with Gasteiger partial charge in [-0.05, 0) is 61.6 Å². The number of aryl methyl sites for hydroxylation is 1. The third-order valence-electron chi connectivity index (χ3n) is 5.98. The van der Waals surface area contributed by atoms with Crippen LogP contribution < -0.4 is 4.74 Å². The Kier molecular flexibility index (Phi) is 5.93. The van der Waals surface area contributed by atoms with Crippen LogP contribution in [0.5, 0.6) is 5.75 Å². The minimum Gasteiger partial charge on any atom is -0.497 e. The molecule has 1 aliphatic heterocycles. The van der Waals surface area contributed by atoms with Crippen molar-refractivity contribution in [3.05, 3.63) is 42.0 Å². The Balaban J connectivity index is 1.27. The van der Waals surface area contributed by atoms with Gasteiger partial charge in [0.25, 0.3) is 0 Å². The Morgan fingerprint density at radius 2 is 2.00 bits per heavy atom. The zero-order chi connectivity index (χ0) is 19.3. The van der Waals surface area contributed by atoms with Crippen molar-refractivity contribution in [2.45, 2.75) is 51.5 Å². The molecule has 0 spiro atoms. The summed E-state index contributed by atoms with van der Waals surface area (Å²) < 4.78 is 7.42. The van der Waals surface area contributed by atoms with Crippen LogP contribution in [0.2, 0.25) is 0 Å². The smallest absolute Gasteiger partial charge is 0.222 e. The Labute approximate surface area is 166 Å². The summed E-state index contributed by atoms with van der Waals surface area (Å²) in [4.78, 5) is 14.8. The van der Waals surface area contributed by atoms with Gasteiger partial charge in [-0.3, -0.25) is 4.79 Å². The molecule has 6 heteroatoms. The molecule has 1 atom stereocenters. The topological polar surface area (TPSA) is 60.2 Å². The van der Waals surface area contributed by atoms with Crippen LogP contribution in [-0.4, -0.2) is 45.8 Å². The maximum Gasteiger partial charge on any atom is 0.222 e. The number of aromatic nitrogens is 3. The molecule has 1 aromatic heterocycles. The predicted molar refractivity (Wildman–Crippen MR) is 107 cm³/mol. The van der Waals surface area contributed by atoms with E-state index >= 15 is 0 Å². The highest BCUT2D eigenvalue weighted by molar-refractivity contribution is 5.76. The lowest BCUT2D eigenvalue weighted by atomic mass is 9.94. The fourth-order valence-electron chi connectivity index (χ4n) is 4.09. The van der Waals surface area contributed by atoms with Gasteiger partial charge in [0.05, 0.1) is 7.11 Å². The Morgan fingerprint density at radius 3 is 2.75 bits per heavy atom. The first-order valence-electron chi connectivity index (χ1n) is 10.5. The molecule has 1 aliphatic carbocycles. The molecule has 0 N–H and O–H groups in total. The highest BCUT2D eigenvalue weighted by Gasteiger charge is 2.27. The highest BCUT2D eigenvalue weighted by Crippen LogP contribution is 2.31. The number of hydrogen-bond acceptors (Lipinski definition) is 4. The zero-order valence-corrected chi connectivity index (χ0v) is 16.7. The van der Waals surface area contributed by atoms with Crippen LogP contribution >= 0.6 is 0 Å². The van der Waals surface area contributed by atoms with E-state index < -0.39 is 0 Å². The molecule has 6 nitrogen and oxygen atoms in total. The monoisotopic (exact) mass is 382 g/mol. The van der Waals surface area contributed by atoms with E-state index in [1.165, 1.54) is 24.8 Å². The average Bonchev–Trinajstić information content (AvgIpc) is 3.45. The molecule has 1 amide bonds. The third-order valence-corrected chi connectivity index (χ3v) is 5.98. The Hall–Kier alpha value is -2.37. The number of benzene rings is 1. The van der Waals surface area contributed by atoms with Crippen LogP contribution in [0.4, 0.5) is 0 Å². The van der Waals surface area contributed by atoms with E-state index in [1.54, 1.807) is 7.11 Å². The van der Waals surface area contributed by atoms with Crippen molar-refractivity contribution in [2.75, 3.05) is 20.2 Å². The van der Waals surface area contributed by atoms with Crippen molar-refractivity contribution in [3.8, 4) is 5.75 Å². The molecule has 1 saturated heterocycles. The molecule has 1 aromatic carbocycles. The molecule has 0 bridgehead atoms. The fourth-order valence-corrected chi connectivity index (χ4v) is 4.09. The second-order valence-electron chi connectivity index (χ2n) is 8.24. The van der Waals surface area contributed by atoms with Gasteiger partial charge in [-0.2, -0.15) is 0 Å². The molecule has 150 valence electrons. The molecule has 0 radical (unpaired) electrons. The van der Waals surface area contributed by atoms with Gasteiger partial charge < -0.3 is 14.2 Å². The molecule has 2 heterocycles. The average molecular weight is 383 g/mol. The van der Waals surface area contributed by atoms with Crippen molar-refractivity contribution in [3.63, 3.8) is 0 Å². The number of methoxy groups -OCH3 is 1. The molecule has 2 aromatic rings. The van der Waals surface area contributed by atoms with Crippen LogP contribution in [0.1, 0.15) is 43.5 Å². The number of carbonyl (C=O) groups excluding carboxylic acids is 1. The number of rotatable bonds is 8. The van der Waals surface area contributed by atoms with Crippen LogP contribution in [0, 0.1) is 11.8 Å². The summed E-state index contributed by atoms with van der Waals surface area (Å²) in [7, 11) is 1.67. The van der Waals surface area contributed by atoms with Gasteiger partial charge in [0, 0.05) is 32.5 Å². The molecular formula is C22H30N4O2. The van der Waals surface area contributed by atoms with Crippen molar-refractivity contribution in [2.24, 2.45) is 11.8 Å². The van der Waals surface area contributed by atoms with Crippen molar-refractivity contribution >= 4 is 5.91 Å². The van der Waals surface area contributed by atoms with Crippen LogP contribution in [0.15, 0.2) is 30.6 Å². The number of likely N-dealkylation sites (tertiary alicyclic amines) is 1. The molecular weight excluding hydrogens is 352 g/mol. The van der Waals surface area contributed by atoms with Gasteiger partial charge >= 0.3 is 0 Å². The standard InChI is InChI=1S/C22H30N4O2/c1-28-20-9-6-17(7-10-20)8-11-22(27)25-12-2-3-19(15-25)13-21-24-23-16-26(21)14-18-4-5-18/h6-7,9-10,16,18-19H,2-5,8,11-15H2,1H3. The van der Waals surface area contributed by atoms with Crippen molar-refractivity contribution in [1.82, 2.24) is 19.7 Å². The molecule has 4 rings (SSSR count). The van der Waals surface area contributed by atoms with E-state index in [9.17, 15) is 4.79 Å². The number of nitrogens with zero attached hydrogens (tertiary/aromatic N) is 4. The zero-order valence-electron chi connectivity index (χ0n) is 16.7. The summed E-state index contributed by atoms with van der Waals surface area (Å²) in [5, 5.41) is 8.47. The minimum absolute atomic E-state index is 0.264. The van der Waals surface area contributed by atoms with Gasteiger partial charge in [-0.25, -0.2) is 0 Å². The minimum atomic E-state index is 0.264. The van der Waals surface area contributed by atoms with Gasteiger partial charge in [-0.15, -0.1) is 10.2 Å². The summed E-state index contributed by atoms with van der Waals surface area (Å²) in [5.74, 6) is 3.51. The molecule has 1 unspecified atom stereocenters. The van der Waals surface area contributed by atoms with E-state index in [-0.39, 0.29) is 5.91 Å². The number of carbonyl (C=O) groups is 1. The molecule has 2 fully saturated rings. The van der Waals surface area contributed by atoms with E-state index in [0.717, 1.165) is 56.4 Å². The summed E-state index contributed by atoms with van der Waals surface area (Å²) in [5.41, 5.74) is 1.18. The summed E-state index contributed by atoms with van der Waals surface area (Å²) >= 11 is 0. The Morgan fingerprint density at radius 1 is 1.18 bits per heavy atom. The Bertz CT molecular complexity index is 782. The lowest BCUT2D eigenvalue weighted by Crippen LogP contribution is -2.40. The quantitative estimate of drug-likeness (QED) is 0.704. The lowest BCUT2D eigenvalue weighted by Gasteiger charge is -2.32. The fraction of sp³-hybridized carbons (Fsp3) is 0.591. The van der Waals surface area contributed by atoms with Crippen molar-refractivity contribution in [1.29, 1.82) is 0 Å². The molecule has 28 heavy (non-hydrogen) atoms. The van der Waals surface area contributed by atoms with Gasteiger partial charge in [0.15, 0.2) is 0 Å². The first kappa shape index (κ1) is 19.0. The van der Waals surface area contributed by atoms with Crippen LogP contribution in [-0.2, 0) is 24.2 Å². The SMILES string of the molecule is COc1ccc(CCC(=O)N2CCCC(Cc3nncn3CC3CC3)C2)cc1. The van der Waals surface area contributed by atoms with E-state index in [2.05, 4.69) is 19.7 Å². The van der Waals surface area contributed by atoms with Gasteiger partial charge in [-0.1, -0.05) is 12.1 Å². The van der Waals surface area contributed by atoms with Gasteiger partial charge in [0.2, 0.25) is 5.91 Å². The van der Waals surface area contributed by atoms with Crippen LogP contribution in [0.25, 0.3) is 0 Å². The number of amides is 1. The normalized spacial score (nSPS) is 19.6. The first-order chi connectivity index (χ1) is 13.7. The van der Waals surface area contributed by atoms with Gasteiger partial charge in [0.1, 0.15) is 17.9 Å². The van der Waals surface area contributed by atoms with E-state index in [4.69, 9.17) is 4.74 Å². The first-order valence-corrected chi connectivity index (χ1v) is 10.5. The summed E-state index contributed by atoms with van der Waals surface area (Å²) in [6.07, 6.45) is 9.04. The largest absolute Gasteiger partial charge is 0.497 e. The van der Waals surface area contributed by atoms with Crippen molar-refractivity contribution < 1.29 is 9.53 Å². The number of ether oxygens (including phenoxy) is 1. The second-order valence-corrected chi connectivity index (χ2v) is 8.24. The summed E-state index contributed by atoms with van der Waals surface area (Å²) in [6, 6.07) is 7.98. The number of piperidine rings is 1. The highest BCUT2D eigenvalue weighted by atomic mass is 16.5. The predicted octanol–water partition coefficient (Wildman–Crippen LogP) is 3.11. The molecule has 1 saturated carbocycles.